The molecule has 2 N–H and O–H groups in total. The van der Waals surface area contributed by atoms with Crippen LogP contribution in [-0.2, 0) is 6.42 Å². The Kier molecular flexibility index (Phi) is 11.3. The highest BCUT2D eigenvalue weighted by molar-refractivity contribution is 6.01. The van der Waals surface area contributed by atoms with Gasteiger partial charge in [-0.05, 0) is 90.1 Å². The first-order valence-corrected chi connectivity index (χ1v) is 16.3. The molecule has 0 saturated carbocycles. The van der Waals surface area contributed by atoms with Crippen molar-refractivity contribution in [1.29, 1.82) is 0 Å². The van der Waals surface area contributed by atoms with Gasteiger partial charge in [0.25, 0.3) is 0 Å². The summed E-state index contributed by atoms with van der Waals surface area (Å²) in [6.07, 6.45) is 12.9. The first kappa shape index (κ1) is 32.2. The van der Waals surface area contributed by atoms with Crippen molar-refractivity contribution in [2.45, 2.75) is 46.5 Å². The summed E-state index contributed by atoms with van der Waals surface area (Å²) < 4.78 is 0. The largest absolute Gasteiger partial charge is 0.383 e. The number of benzene rings is 5. The number of hydrogen-bond donors (Lipinski definition) is 1. The zero-order valence-corrected chi connectivity index (χ0v) is 27.3. The summed E-state index contributed by atoms with van der Waals surface area (Å²) in [7, 11) is 0. The third kappa shape index (κ3) is 8.70. The molecule has 0 heterocycles. The maximum absolute atomic E-state index is 6.52. The average molecular weight is 601 g/mol. The van der Waals surface area contributed by atoms with Crippen molar-refractivity contribution >= 4 is 11.5 Å². The van der Waals surface area contributed by atoms with Gasteiger partial charge in [0.05, 0.1) is 5.70 Å². The van der Waals surface area contributed by atoms with Crippen LogP contribution in [0, 0.1) is 13.8 Å². The molecule has 0 amide bonds. The van der Waals surface area contributed by atoms with Gasteiger partial charge in [0, 0.05) is 5.56 Å². The molecule has 0 fully saturated rings. The Labute approximate surface area is 275 Å². The SMILES string of the molecule is CCc1ccc(-c2cccc(C(N)=N/C(=C\CC3=CC=CCC3)c3ccccc3)c2)cc1.Cc1ccccc1-c1ccccc1C. The van der Waals surface area contributed by atoms with Crippen LogP contribution < -0.4 is 5.73 Å². The summed E-state index contributed by atoms with van der Waals surface area (Å²) in [6, 6.07) is 44.3. The van der Waals surface area contributed by atoms with Crippen LogP contribution in [0.15, 0.2) is 162 Å². The number of nitrogens with zero attached hydrogens (tertiary/aromatic N) is 1. The van der Waals surface area contributed by atoms with E-state index in [9.17, 15) is 0 Å². The Hall–Kier alpha value is -5.21. The minimum absolute atomic E-state index is 0.532. The number of allylic oxidation sites excluding steroid dienone is 5. The molecule has 5 aromatic rings. The second-order valence-electron chi connectivity index (χ2n) is 11.7. The van der Waals surface area contributed by atoms with Crippen LogP contribution in [0.3, 0.4) is 0 Å². The van der Waals surface area contributed by atoms with E-state index >= 15 is 0 Å². The van der Waals surface area contributed by atoms with Gasteiger partial charge in [-0.25, -0.2) is 4.99 Å². The maximum Gasteiger partial charge on any atom is 0.131 e. The summed E-state index contributed by atoms with van der Waals surface area (Å²) >= 11 is 0. The van der Waals surface area contributed by atoms with Gasteiger partial charge < -0.3 is 5.73 Å². The van der Waals surface area contributed by atoms with Crippen LogP contribution in [0.4, 0.5) is 0 Å². The van der Waals surface area contributed by atoms with Crippen molar-refractivity contribution in [3.05, 3.63) is 185 Å². The lowest BCUT2D eigenvalue weighted by molar-refractivity contribution is 0.925. The lowest BCUT2D eigenvalue weighted by Gasteiger charge is -2.10. The molecule has 6 rings (SSSR count). The van der Waals surface area contributed by atoms with Crippen molar-refractivity contribution in [3.63, 3.8) is 0 Å². The fourth-order valence-electron chi connectivity index (χ4n) is 5.62. The molecule has 0 aliphatic heterocycles. The molecule has 0 atom stereocenters. The molecule has 0 bridgehead atoms. The number of hydrogen-bond acceptors (Lipinski definition) is 1. The van der Waals surface area contributed by atoms with E-state index < -0.39 is 0 Å². The number of rotatable bonds is 8. The number of amidine groups is 1. The van der Waals surface area contributed by atoms with Crippen molar-refractivity contribution in [1.82, 2.24) is 0 Å². The summed E-state index contributed by atoms with van der Waals surface area (Å²) in [5.41, 5.74) is 19.9. The zero-order chi connectivity index (χ0) is 32.1. The molecule has 5 aromatic carbocycles. The predicted octanol–water partition coefficient (Wildman–Crippen LogP) is 11.3. The van der Waals surface area contributed by atoms with E-state index in [-0.39, 0.29) is 0 Å². The Morgan fingerprint density at radius 2 is 1.33 bits per heavy atom. The van der Waals surface area contributed by atoms with Gasteiger partial charge in [-0.1, -0.05) is 158 Å². The first-order valence-electron chi connectivity index (χ1n) is 16.3. The molecular weight excluding hydrogens is 556 g/mol. The van der Waals surface area contributed by atoms with E-state index in [1.165, 1.54) is 39.0 Å². The Bertz CT molecular complexity index is 1810. The van der Waals surface area contributed by atoms with Crippen molar-refractivity contribution in [2.75, 3.05) is 0 Å². The van der Waals surface area contributed by atoms with Crippen LogP contribution in [-0.4, -0.2) is 5.84 Å². The van der Waals surface area contributed by atoms with E-state index in [1.54, 1.807) is 0 Å². The first-order chi connectivity index (χ1) is 22.5. The average Bonchev–Trinajstić information content (AvgIpc) is 3.12. The van der Waals surface area contributed by atoms with Gasteiger partial charge in [0.2, 0.25) is 0 Å². The van der Waals surface area contributed by atoms with Gasteiger partial charge in [-0.3, -0.25) is 0 Å². The minimum atomic E-state index is 0.532. The molecule has 0 radical (unpaired) electrons. The fraction of sp³-hybridized carbons (Fsp3) is 0.159. The van der Waals surface area contributed by atoms with E-state index in [2.05, 4.69) is 142 Å². The molecule has 0 saturated heterocycles. The van der Waals surface area contributed by atoms with E-state index in [1.807, 2.05) is 30.3 Å². The predicted molar refractivity (Wildman–Crippen MR) is 199 cm³/mol. The second kappa shape index (κ2) is 16.2. The molecule has 0 aromatic heterocycles. The quantitative estimate of drug-likeness (QED) is 0.140. The highest BCUT2D eigenvalue weighted by atomic mass is 14.9. The summed E-state index contributed by atoms with van der Waals surface area (Å²) in [4.78, 5) is 4.87. The molecule has 1 aliphatic carbocycles. The third-order valence-electron chi connectivity index (χ3n) is 8.40. The Balaban J connectivity index is 0.000000247. The minimum Gasteiger partial charge on any atom is -0.383 e. The van der Waals surface area contributed by atoms with Crippen LogP contribution in [0.5, 0.6) is 0 Å². The Morgan fingerprint density at radius 3 is 1.93 bits per heavy atom. The molecule has 230 valence electrons. The smallest absolute Gasteiger partial charge is 0.131 e. The number of nitrogens with two attached hydrogens (primary N) is 1. The van der Waals surface area contributed by atoms with Crippen LogP contribution >= 0.6 is 0 Å². The van der Waals surface area contributed by atoms with Gasteiger partial charge in [0.1, 0.15) is 5.84 Å². The van der Waals surface area contributed by atoms with Gasteiger partial charge in [-0.15, -0.1) is 0 Å². The zero-order valence-electron chi connectivity index (χ0n) is 27.3. The second-order valence-corrected chi connectivity index (χ2v) is 11.7. The molecular formula is C44H44N2. The molecule has 2 heteroatoms. The molecule has 0 unspecified atom stereocenters. The molecule has 0 spiro atoms. The molecule has 2 nitrogen and oxygen atoms in total. The number of aryl methyl sites for hydroxylation is 3. The van der Waals surface area contributed by atoms with E-state index in [4.69, 9.17) is 10.7 Å². The van der Waals surface area contributed by atoms with Crippen molar-refractivity contribution < 1.29 is 0 Å². The topological polar surface area (TPSA) is 38.4 Å². The highest BCUT2D eigenvalue weighted by Gasteiger charge is 2.07. The van der Waals surface area contributed by atoms with Crippen molar-refractivity contribution in [2.24, 2.45) is 10.7 Å². The fourth-order valence-corrected chi connectivity index (χ4v) is 5.62. The molecule has 46 heavy (non-hydrogen) atoms. The monoisotopic (exact) mass is 600 g/mol. The van der Waals surface area contributed by atoms with E-state index in [0.29, 0.717) is 5.84 Å². The third-order valence-corrected chi connectivity index (χ3v) is 8.40. The summed E-state index contributed by atoms with van der Waals surface area (Å²) in [5, 5.41) is 0. The van der Waals surface area contributed by atoms with Gasteiger partial charge >= 0.3 is 0 Å². The lowest BCUT2D eigenvalue weighted by atomic mass is 9.97. The van der Waals surface area contributed by atoms with Gasteiger partial charge in [0.15, 0.2) is 0 Å². The molecule has 1 aliphatic rings. The normalized spacial score (nSPS) is 13.1. The standard InChI is InChI=1S/C30H30N2.C14H14/c1-2-23-16-19-25(20-17-23)27-14-9-15-28(22-27)30(31)32-29(26-12-7-4-8-13-26)21-18-24-10-5-3-6-11-24;1-11-7-3-5-9-13(11)14-10-6-4-8-12(14)2/h3-5,7-10,12-17,19-22H,2,6,11,18H2,1H3,(H2,31,32);3-10H,1-2H3/b29-21-;. The van der Waals surface area contributed by atoms with Crippen LogP contribution in [0.2, 0.25) is 0 Å². The van der Waals surface area contributed by atoms with Crippen LogP contribution in [0.1, 0.15) is 54.0 Å². The Morgan fingerprint density at radius 1 is 0.696 bits per heavy atom. The van der Waals surface area contributed by atoms with Gasteiger partial charge in [-0.2, -0.15) is 0 Å². The summed E-state index contributed by atoms with van der Waals surface area (Å²) in [6.45, 7) is 6.48. The summed E-state index contributed by atoms with van der Waals surface area (Å²) in [5.74, 6) is 0.532. The van der Waals surface area contributed by atoms with E-state index in [0.717, 1.165) is 48.1 Å². The van der Waals surface area contributed by atoms with Crippen LogP contribution in [0.25, 0.3) is 28.0 Å². The lowest BCUT2D eigenvalue weighted by Crippen LogP contribution is -2.13. The number of aliphatic imine (C=N–C) groups is 1. The maximum atomic E-state index is 6.52. The van der Waals surface area contributed by atoms with Crippen molar-refractivity contribution in [3.8, 4) is 22.3 Å². The highest BCUT2D eigenvalue weighted by Crippen LogP contribution is 2.26.